The average Bonchev–Trinajstić information content (AvgIpc) is 1.83. The molecule has 65 valence electrons. The first kappa shape index (κ1) is 16.9. The fourth-order valence-corrected chi connectivity index (χ4v) is 0.670. The van der Waals surface area contributed by atoms with E-state index in [1.165, 1.54) is 19.3 Å². The maximum atomic E-state index is 5.66. The number of nitrogens with two attached hydrogens (primary N) is 1. The van der Waals surface area contributed by atoms with Gasteiger partial charge in [-0.05, 0) is 12.8 Å². The minimum absolute atomic E-state index is 0. The van der Waals surface area contributed by atoms with Crippen LogP contribution in [0, 0.1) is 7.43 Å². The summed E-state index contributed by atoms with van der Waals surface area (Å²) in [5.74, 6) is 0. The second kappa shape index (κ2) is 12.2. The largest absolute Gasteiger partial charge is 0.358 e. The molecule has 10 heavy (non-hydrogen) atoms. The maximum absolute atomic E-state index is 5.66. The molecule has 1 atom stereocenters. The van der Waals surface area contributed by atoms with Gasteiger partial charge in [-0.1, -0.05) is 26.7 Å². The van der Waals surface area contributed by atoms with Crippen molar-refractivity contribution in [3.63, 3.8) is 0 Å². The Bertz CT molecular complexity index is 53.4. The van der Waals surface area contributed by atoms with Gasteiger partial charge in [0.2, 0.25) is 0 Å². The van der Waals surface area contributed by atoms with Crippen LogP contribution in [-0.4, -0.2) is 6.04 Å². The Labute approximate surface area is 79.1 Å². The molecule has 0 spiro atoms. The van der Waals surface area contributed by atoms with Crippen LogP contribution in [0.2, 0.25) is 0 Å². The number of hydrogen-bond donors (Lipinski definition) is 1. The van der Waals surface area contributed by atoms with Gasteiger partial charge in [-0.3, -0.25) is 0 Å². The van der Waals surface area contributed by atoms with Crippen molar-refractivity contribution in [2.24, 2.45) is 5.73 Å². The van der Waals surface area contributed by atoms with E-state index in [1.54, 1.807) is 0 Å². The molecule has 0 fully saturated rings. The van der Waals surface area contributed by atoms with Gasteiger partial charge in [-0.25, -0.2) is 0 Å². The van der Waals surface area contributed by atoms with E-state index in [0.717, 1.165) is 6.42 Å². The minimum Gasteiger partial charge on any atom is -0.358 e. The Balaban J connectivity index is -0.0000000817. The zero-order valence-corrected chi connectivity index (χ0v) is 8.83. The van der Waals surface area contributed by atoms with Crippen LogP contribution in [0.4, 0.5) is 0 Å². The van der Waals surface area contributed by atoms with E-state index in [4.69, 9.17) is 5.73 Å². The molecule has 0 saturated carbocycles. The molecule has 0 heterocycles. The van der Waals surface area contributed by atoms with Crippen LogP contribution in [0.25, 0.3) is 0 Å². The van der Waals surface area contributed by atoms with Crippen LogP contribution in [0.1, 0.15) is 41.0 Å². The molecule has 0 aromatic carbocycles. The Morgan fingerprint density at radius 1 is 1.40 bits per heavy atom. The monoisotopic (exact) mass is 183 g/mol. The first-order chi connectivity index (χ1) is 3.81. The molecule has 1 nitrogen and oxygen atoms in total. The first-order valence-electron chi connectivity index (χ1n) is 3.56. The normalized spacial score (nSPS) is 11.1. The third kappa shape index (κ3) is 11.4. The SMILES string of the molecule is CCCC[C@H](N)CC.[CH3-].[HH].[V]. The second-order valence-corrected chi connectivity index (χ2v) is 2.31. The van der Waals surface area contributed by atoms with Gasteiger partial charge >= 0.3 is 0 Å². The van der Waals surface area contributed by atoms with Crippen LogP contribution in [0.3, 0.4) is 0 Å². The zero-order chi connectivity index (χ0) is 6.41. The van der Waals surface area contributed by atoms with E-state index in [-0.39, 0.29) is 27.4 Å². The van der Waals surface area contributed by atoms with E-state index >= 15 is 0 Å². The Morgan fingerprint density at radius 2 is 1.90 bits per heavy atom. The van der Waals surface area contributed by atoms with Crippen molar-refractivity contribution >= 4 is 0 Å². The third-order valence-corrected chi connectivity index (χ3v) is 1.45. The molecule has 0 amide bonds. The molecule has 0 aromatic rings. The van der Waals surface area contributed by atoms with Crippen LogP contribution < -0.4 is 5.73 Å². The third-order valence-electron chi connectivity index (χ3n) is 1.45. The predicted molar refractivity (Wildman–Crippen MR) is 46.3 cm³/mol. The Hall–Kier alpha value is 0.544. The van der Waals surface area contributed by atoms with Gasteiger partial charge in [-0.15, -0.1) is 0 Å². The summed E-state index contributed by atoms with van der Waals surface area (Å²) in [6, 6.07) is 0.454. The summed E-state index contributed by atoms with van der Waals surface area (Å²) in [7, 11) is 0. The molecule has 0 unspecified atom stereocenters. The maximum Gasteiger partial charge on any atom is 0.00362 e. The van der Waals surface area contributed by atoms with Crippen LogP contribution in [0.15, 0.2) is 0 Å². The molecule has 0 aliphatic heterocycles. The van der Waals surface area contributed by atoms with E-state index in [2.05, 4.69) is 13.8 Å². The Morgan fingerprint density at radius 3 is 2.20 bits per heavy atom. The summed E-state index contributed by atoms with van der Waals surface area (Å²) in [5, 5.41) is 0. The van der Waals surface area contributed by atoms with Crippen molar-refractivity contribution in [1.29, 1.82) is 0 Å². The molecule has 0 aliphatic rings. The molecular weight excluding hydrogens is 161 g/mol. The topological polar surface area (TPSA) is 26.0 Å². The summed E-state index contributed by atoms with van der Waals surface area (Å²) in [4.78, 5) is 0. The van der Waals surface area contributed by atoms with E-state index in [1.807, 2.05) is 0 Å². The summed E-state index contributed by atoms with van der Waals surface area (Å²) in [6.07, 6.45) is 4.88. The molecule has 0 rings (SSSR count). The fourth-order valence-electron chi connectivity index (χ4n) is 0.670. The van der Waals surface area contributed by atoms with Crippen LogP contribution in [0.5, 0.6) is 0 Å². The smallest absolute Gasteiger partial charge is 0.00362 e. The van der Waals surface area contributed by atoms with Crippen molar-refractivity contribution in [2.75, 3.05) is 0 Å². The fraction of sp³-hybridized carbons (Fsp3) is 0.875. The summed E-state index contributed by atoms with van der Waals surface area (Å²) in [5.41, 5.74) is 5.66. The molecule has 2 heteroatoms. The van der Waals surface area contributed by atoms with Gasteiger partial charge < -0.3 is 13.2 Å². The summed E-state index contributed by atoms with van der Waals surface area (Å²) in [6.45, 7) is 4.34. The quantitative estimate of drug-likeness (QED) is 0.666. The van der Waals surface area contributed by atoms with Crippen molar-refractivity contribution in [2.45, 2.75) is 45.6 Å². The molecule has 0 aromatic heterocycles. The van der Waals surface area contributed by atoms with Gasteiger partial charge in [0.05, 0.1) is 0 Å². The number of unbranched alkanes of at least 4 members (excludes halogenated alkanes) is 1. The average molecular weight is 183 g/mol. The summed E-state index contributed by atoms with van der Waals surface area (Å²) < 4.78 is 0. The van der Waals surface area contributed by atoms with Gasteiger partial charge in [0, 0.05) is 26.0 Å². The van der Waals surface area contributed by atoms with Gasteiger partial charge in [0.15, 0.2) is 0 Å². The number of rotatable bonds is 4. The van der Waals surface area contributed by atoms with Crippen LogP contribution in [-0.2, 0) is 18.6 Å². The van der Waals surface area contributed by atoms with E-state index < -0.39 is 0 Å². The molecule has 0 saturated heterocycles. The van der Waals surface area contributed by atoms with Crippen molar-refractivity contribution < 1.29 is 20.0 Å². The zero-order valence-electron chi connectivity index (χ0n) is 7.43. The minimum atomic E-state index is 0. The van der Waals surface area contributed by atoms with Gasteiger partial charge in [-0.2, -0.15) is 0 Å². The number of hydrogen-bond acceptors (Lipinski definition) is 1. The van der Waals surface area contributed by atoms with Gasteiger partial charge in [0.25, 0.3) is 0 Å². The molecular formula is C8H22NV-. The molecule has 0 bridgehead atoms. The van der Waals surface area contributed by atoms with E-state index in [9.17, 15) is 0 Å². The van der Waals surface area contributed by atoms with Gasteiger partial charge in [0.1, 0.15) is 0 Å². The van der Waals surface area contributed by atoms with Crippen molar-refractivity contribution in [3.8, 4) is 0 Å². The molecule has 0 aliphatic carbocycles. The second-order valence-electron chi connectivity index (χ2n) is 2.31. The molecule has 2 N–H and O–H groups in total. The van der Waals surface area contributed by atoms with Crippen molar-refractivity contribution in [1.82, 2.24) is 0 Å². The predicted octanol–water partition coefficient (Wildman–Crippen LogP) is 2.61. The summed E-state index contributed by atoms with van der Waals surface area (Å²) >= 11 is 0. The van der Waals surface area contributed by atoms with E-state index in [0.29, 0.717) is 6.04 Å². The Kier molecular flexibility index (Phi) is 20.7. The molecule has 1 radical (unpaired) electrons. The first-order valence-corrected chi connectivity index (χ1v) is 3.56. The van der Waals surface area contributed by atoms with Crippen LogP contribution >= 0.6 is 0 Å². The van der Waals surface area contributed by atoms with Crippen molar-refractivity contribution in [3.05, 3.63) is 7.43 Å². The standard InChI is InChI=1S/C7H17N.CH3.V.H2/c1-3-5-6-7(8)4-2;;;/h7H,3-6,8H2,1-2H3;1H3;;1H/q;-1;;/t7-;;;/m1.../s1.